The molecule has 0 unspecified atom stereocenters. The molecule has 6 nitrogen and oxygen atoms in total. The normalized spacial score (nSPS) is 12.1. The molecule has 2 N–H and O–H groups in total. The van der Waals surface area contributed by atoms with Crippen molar-refractivity contribution in [3.8, 4) is 0 Å². The fourth-order valence-corrected chi connectivity index (χ4v) is 5.31. The molecule has 4 aromatic carbocycles. The van der Waals surface area contributed by atoms with Gasteiger partial charge in [-0.15, -0.1) is 0 Å². The third-order valence-electron chi connectivity index (χ3n) is 6.19. The van der Waals surface area contributed by atoms with Gasteiger partial charge in [0, 0.05) is 18.7 Å². The lowest BCUT2D eigenvalue weighted by Gasteiger charge is -2.16. The van der Waals surface area contributed by atoms with Crippen LogP contribution in [0.15, 0.2) is 120 Å². The predicted octanol–water partition coefficient (Wildman–Crippen LogP) is 6.53. The Balaban J connectivity index is 1.53. The van der Waals surface area contributed by atoms with E-state index < -0.39 is 15.9 Å². The molecular weight excluding hydrogens is 520 g/mol. The van der Waals surface area contributed by atoms with E-state index in [-0.39, 0.29) is 10.8 Å². The van der Waals surface area contributed by atoms with E-state index in [0.29, 0.717) is 5.69 Å². The fraction of sp³-hybridized carbons (Fsp3) is 0.0909. The maximum Gasteiger partial charge on any atom is 0.264 e. The summed E-state index contributed by atoms with van der Waals surface area (Å²) in [5, 5.41) is 2.57. The van der Waals surface area contributed by atoms with Crippen LogP contribution in [0.4, 0.5) is 5.69 Å². The summed E-state index contributed by atoms with van der Waals surface area (Å²) >= 11 is 0. The number of amides is 2. The number of hydrogen-bond acceptors (Lipinski definition) is 4. The lowest BCUT2D eigenvalue weighted by molar-refractivity contribution is -0.115. The first-order valence-electron chi connectivity index (χ1n) is 12.8. The molecule has 0 saturated carbocycles. The molecule has 0 heterocycles. The minimum Gasteiger partial charge on any atom is -0.326 e. The zero-order valence-corrected chi connectivity index (χ0v) is 23.1. The first-order chi connectivity index (χ1) is 19.3. The first-order valence-corrected chi connectivity index (χ1v) is 14.3. The number of carbonyl (C=O) groups excluding carboxylic acids is 2. The zero-order valence-electron chi connectivity index (χ0n) is 22.3. The van der Waals surface area contributed by atoms with Crippen LogP contribution in [0.25, 0.3) is 17.2 Å². The molecule has 0 aliphatic heterocycles. The van der Waals surface area contributed by atoms with Gasteiger partial charge < -0.3 is 5.32 Å². The van der Waals surface area contributed by atoms with Crippen LogP contribution in [0.5, 0.6) is 0 Å². The van der Waals surface area contributed by atoms with E-state index >= 15 is 0 Å². The Morgan fingerprint density at radius 1 is 0.725 bits per heavy atom. The molecule has 0 spiro atoms. The molecule has 202 valence electrons. The van der Waals surface area contributed by atoms with Crippen LogP contribution in [-0.4, -0.2) is 20.2 Å². The monoisotopic (exact) mass is 550 g/mol. The average molecular weight is 551 g/mol. The number of allylic oxidation sites excluding steroid dienone is 1. The first kappa shape index (κ1) is 28.3. The van der Waals surface area contributed by atoms with Crippen molar-refractivity contribution in [1.82, 2.24) is 4.72 Å². The van der Waals surface area contributed by atoms with E-state index in [0.717, 1.165) is 34.2 Å². The minimum atomic E-state index is -4.07. The Kier molecular flexibility index (Phi) is 9.09. The summed E-state index contributed by atoms with van der Waals surface area (Å²) in [5.74, 6) is -1.03. The summed E-state index contributed by atoms with van der Waals surface area (Å²) < 4.78 is 27.2. The molecule has 2 amide bonds. The molecule has 0 fully saturated rings. The summed E-state index contributed by atoms with van der Waals surface area (Å²) in [5.41, 5.74) is 6.89. The molecule has 0 aliphatic carbocycles. The van der Waals surface area contributed by atoms with Crippen LogP contribution in [0.3, 0.4) is 0 Å². The molecule has 0 bridgehead atoms. The van der Waals surface area contributed by atoms with Crippen molar-refractivity contribution in [2.75, 3.05) is 5.32 Å². The van der Waals surface area contributed by atoms with Crippen LogP contribution in [0, 0.1) is 0 Å². The van der Waals surface area contributed by atoms with Gasteiger partial charge in [-0.2, -0.15) is 0 Å². The van der Waals surface area contributed by atoms with E-state index in [1.807, 2.05) is 65.4 Å². The Bertz CT molecular complexity index is 1640. The molecule has 40 heavy (non-hydrogen) atoms. The van der Waals surface area contributed by atoms with Crippen molar-refractivity contribution < 1.29 is 18.0 Å². The van der Waals surface area contributed by atoms with Gasteiger partial charge in [0.1, 0.15) is 0 Å². The highest BCUT2D eigenvalue weighted by molar-refractivity contribution is 7.90. The molecule has 4 aromatic rings. The van der Waals surface area contributed by atoms with Gasteiger partial charge in [-0.25, -0.2) is 13.1 Å². The highest BCUT2D eigenvalue weighted by atomic mass is 32.2. The Hall–Kier alpha value is -4.75. The quantitative estimate of drug-likeness (QED) is 0.183. The van der Waals surface area contributed by atoms with E-state index in [9.17, 15) is 18.0 Å². The molecule has 0 saturated heterocycles. The summed E-state index contributed by atoms with van der Waals surface area (Å²) in [6.45, 7) is 3.50. The Morgan fingerprint density at radius 2 is 1.27 bits per heavy atom. The van der Waals surface area contributed by atoms with Crippen LogP contribution in [-0.2, 0) is 19.6 Å². The molecule has 0 atom stereocenters. The lowest BCUT2D eigenvalue weighted by atomic mass is 9.88. The zero-order chi connectivity index (χ0) is 28.5. The third-order valence-corrected chi connectivity index (χ3v) is 7.55. The van der Waals surface area contributed by atoms with E-state index in [1.165, 1.54) is 42.8 Å². The van der Waals surface area contributed by atoms with Gasteiger partial charge in [-0.3, -0.25) is 9.59 Å². The van der Waals surface area contributed by atoms with Crippen molar-refractivity contribution in [3.63, 3.8) is 0 Å². The third kappa shape index (κ3) is 7.21. The fourth-order valence-electron chi connectivity index (χ4n) is 4.36. The van der Waals surface area contributed by atoms with Crippen LogP contribution in [0.1, 0.15) is 42.5 Å². The minimum absolute atomic E-state index is 0.0851. The largest absolute Gasteiger partial charge is 0.326 e. The van der Waals surface area contributed by atoms with Gasteiger partial charge in [0.15, 0.2) is 0 Å². The molecule has 0 aromatic heterocycles. The van der Waals surface area contributed by atoms with Crippen molar-refractivity contribution in [3.05, 3.63) is 138 Å². The maximum atomic E-state index is 12.6. The van der Waals surface area contributed by atoms with Crippen LogP contribution >= 0.6 is 0 Å². The molecular formula is C33H30N2O4S. The second-order valence-corrected chi connectivity index (χ2v) is 10.8. The van der Waals surface area contributed by atoms with Gasteiger partial charge in [-0.1, -0.05) is 91.9 Å². The van der Waals surface area contributed by atoms with Crippen LogP contribution in [0.2, 0.25) is 0 Å². The lowest BCUT2D eigenvalue weighted by Crippen LogP contribution is -2.28. The van der Waals surface area contributed by atoms with E-state index in [4.69, 9.17) is 0 Å². The topological polar surface area (TPSA) is 92.3 Å². The van der Waals surface area contributed by atoms with Crippen molar-refractivity contribution >= 4 is 44.7 Å². The Morgan fingerprint density at radius 3 is 1.82 bits per heavy atom. The van der Waals surface area contributed by atoms with Crippen molar-refractivity contribution in [1.29, 1.82) is 0 Å². The van der Waals surface area contributed by atoms with Gasteiger partial charge in [0.2, 0.25) is 5.91 Å². The van der Waals surface area contributed by atoms with Crippen LogP contribution < -0.4 is 10.0 Å². The highest BCUT2D eigenvalue weighted by Gasteiger charge is 2.16. The molecule has 7 heteroatoms. The Labute approximate surface area is 235 Å². The summed E-state index contributed by atoms with van der Waals surface area (Å²) in [7, 11) is -4.07. The second-order valence-electron chi connectivity index (χ2n) is 9.07. The standard InChI is InChI=1S/C33H30N2O4S/c1-3-31(26-10-6-4-7-11-26)33(27-12-8-5-9-13-27)28-17-14-25(15-18-28)16-23-32(37)35-40(38,39)30-21-19-29(20-22-30)34-24(2)36/h4-23H,3H2,1-2H3,(H,34,36)(H,35,37)/b23-16+,33-31-. The SMILES string of the molecule is CC/C(=C(\c1ccccc1)c1ccc(/C=C/C(=O)NS(=O)(=O)c2ccc(NC(C)=O)cc2)cc1)c1ccccc1. The summed E-state index contributed by atoms with van der Waals surface area (Å²) in [6, 6.07) is 33.9. The maximum absolute atomic E-state index is 12.6. The number of sulfonamides is 1. The molecule has 4 rings (SSSR count). The van der Waals surface area contributed by atoms with Crippen molar-refractivity contribution in [2.45, 2.75) is 25.2 Å². The van der Waals surface area contributed by atoms with E-state index in [2.05, 4.69) is 36.5 Å². The highest BCUT2D eigenvalue weighted by Crippen LogP contribution is 2.34. The number of benzene rings is 4. The predicted molar refractivity (Wildman–Crippen MR) is 161 cm³/mol. The van der Waals surface area contributed by atoms with Gasteiger partial charge >= 0.3 is 0 Å². The van der Waals surface area contributed by atoms with Gasteiger partial charge in [0.05, 0.1) is 4.90 Å². The molecule has 0 aliphatic rings. The van der Waals surface area contributed by atoms with Crippen molar-refractivity contribution in [2.24, 2.45) is 0 Å². The van der Waals surface area contributed by atoms with Gasteiger partial charge in [0.25, 0.3) is 15.9 Å². The summed E-state index contributed by atoms with van der Waals surface area (Å²) in [6.07, 6.45) is 3.60. The number of anilines is 1. The number of rotatable bonds is 9. The second kappa shape index (κ2) is 12.9. The average Bonchev–Trinajstić information content (AvgIpc) is 2.96. The number of carbonyl (C=O) groups is 2. The number of nitrogens with one attached hydrogen (secondary N) is 2. The van der Waals surface area contributed by atoms with Gasteiger partial charge in [-0.05, 0) is 70.2 Å². The number of hydrogen-bond donors (Lipinski definition) is 2. The summed E-state index contributed by atoms with van der Waals surface area (Å²) in [4.78, 5) is 23.5. The smallest absolute Gasteiger partial charge is 0.264 e. The molecule has 0 radical (unpaired) electrons. The van der Waals surface area contributed by atoms with E-state index in [1.54, 1.807) is 6.08 Å².